The molecule has 108 valence electrons. The van der Waals surface area contributed by atoms with Crippen LogP contribution in [0.5, 0.6) is 0 Å². The van der Waals surface area contributed by atoms with Gasteiger partial charge in [0, 0.05) is 24.3 Å². The zero-order chi connectivity index (χ0) is 13.9. The molecule has 0 heterocycles. The predicted molar refractivity (Wildman–Crippen MR) is 83.0 cm³/mol. The summed E-state index contributed by atoms with van der Waals surface area (Å²) in [7, 11) is 0. The molecule has 2 nitrogen and oxygen atoms in total. The number of hydrogen-bond acceptors (Lipinski definition) is 2. The second kappa shape index (κ2) is 10.2. The van der Waals surface area contributed by atoms with Crippen molar-refractivity contribution < 1.29 is 4.74 Å². The van der Waals surface area contributed by atoms with E-state index in [-0.39, 0.29) is 0 Å². The average Bonchev–Trinajstić information content (AvgIpc) is 2.43. The highest BCUT2D eigenvalue weighted by molar-refractivity contribution is 6.31. The molecule has 0 saturated heterocycles. The summed E-state index contributed by atoms with van der Waals surface area (Å²) in [6.07, 6.45) is 4.38. The van der Waals surface area contributed by atoms with Crippen LogP contribution in [0.1, 0.15) is 38.7 Å². The molecule has 0 aliphatic rings. The van der Waals surface area contributed by atoms with Gasteiger partial charge in [-0.25, -0.2) is 0 Å². The maximum Gasteiger partial charge on any atom is 0.0466 e. The van der Waals surface area contributed by atoms with Crippen LogP contribution in [0.3, 0.4) is 0 Å². The first-order valence-electron chi connectivity index (χ1n) is 7.32. The van der Waals surface area contributed by atoms with Crippen LogP contribution in [0.4, 0.5) is 0 Å². The van der Waals surface area contributed by atoms with Crippen LogP contribution in [-0.2, 0) is 11.2 Å². The molecule has 0 aromatic heterocycles. The van der Waals surface area contributed by atoms with E-state index in [0.717, 1.165) is 50.5 Å². The van der Waals surface area contributed by atoms with Gasteiger partial charge in [0.15, 0.2) is 0 Å². The van der Waals surface area contributed by atoms with Crippen molar-refractivity contribution >= 4 is 11.6 Å². The third kappa shape index (κ3) is 6.95. The van der Waals surface area contributed by atoms with E-state index in [2.05, 4.69) is 24.4 Å². The molecule has 3 heteroatoms. The first-order chi connectivity index (χ1) is 9.27. The summed E-state index contributed by atoms with van der Waals surface area (Å²) < 4.78 is 5.41. The van der Waals surface area contributed by atoms with Crippen LogP contribution < -0.4 is 5.32 Å². The summed E-state index contributed by atoms with van der Waals surface area (Å²) in [4.78, 5) is 0. The van der Waals surface area contributed by atoms with E-state index in [4.69, 9.17) is 16.3 Å². The first-order valence-corrected chi connectivity index (χ1v) is 7.70. The quantitative estimate of drug-likeness (QED) is 0.654. The van der Waals surface area contributed by atoms with Gasteiger partial charge in [-0.2, -0.15) is 0 Å². The maximum atomic E-state index is 6.23. The molecule has 1 aromatic rings. The molecule has 1 aromatic carbocycles. The van der Waals surface area contributed by atoms with Crippen LogP contribution >= 0.6 is 11.6 Å². The van der Waals surface area contributed by atoms with E-state index < -0.39 is 0 Å². The van der Waals surface area contributed by atoms with Gasteiger partial charge in [0.05, 0.1) is 0 Å². The summed E-state index contributed by atoms with van der Waals surface area (Å²) in [5.74, 6) is 0. The summed E-state index contributed by atoms with van der Waals surface area (Å²) in [5, 5.41) is 4.48. The molecule has 0 spiro atoms. The van der Waals surface area contributed by atoms with Gasteiger partial charge in [-0.15, -0.1) is 0 Å². The molecule has 1 unspecified atom stereocenters. The normalized spacial score (nSPS) is 12.6. The number of halogens is 1. The van der Waals surface area contributed by atoms with E-state index in [1.165, 1.54) is 5.56 Å². The van der Waals surface area contributed by atoms with Crippen molar-refractivity contribution in [3.8, 4) is 0 Å². The Morgan fingerprint density at radius 1 is 1.26 bits per heavy atom. The van der Waals surface area contributed by atoms with Crippen LogP contribution in [-0.4, -0.2) is 25.8 Å². The third-order valence-electron chi connectivity index (χ3n) is 3.15. The summed E-state index contributed by atoms with van der Waals surface area (Å²) in [6.45, 7) is 6.95. The zero-order valence-corrected chi connectivity index (χ0v) is 12.9. The Bertz CT molecular complexity index is 343. The number of rotatable bonds is 10. The van der Waals surface area contributed by atoms with Gasteiger partial charge in [-0.05, 0) is 50.8 Å². The van der Waals surface area contributed by atoms with Crippen molar-refractivity contribution in [2.75, 3.05) is 19.8 Å². The highest BCUT2D eigenvalue weighted by Crippen LogP contribution is 2.18. The number of hydrogen-bond donors (Lipinski definition) is 1. The monoisotopic (exact) mass is 283 g/mol. The second-order valence-electron chi connectivity index (χ2n) is 4.79. The number of ether oxygens (including phenoxy) is 1. The fourth-order valence-corrected chi connectivity index (χ4v) is 2.34. The highest BCUT2D eigenvalue weighted by atomic mass is 35.5. The van der Waals surface area contributed by atoms with Crippen molar-refractivity contribution in [1.82, 2.24) is 5.32 Å². The average molecular weight is 284 g/mol. The number of nitrogens with one attached hydrogen (secondary N) is 1. The third-order valence-corrected chi connectivity index (χ3v) is 3.52. The minimum absolute atomic E-state index is 0.486. The van der Waals surface area contributed by atoms with E-state index in [1.54, 1.807) is 0 Å². The lowest BCUT2D eigenvalue weighted by atomic mass is 10.0. The van der Waals surface area contributed by atoms with Crippen molar-refractivity contribution in [3.05, 3.63) is 34.9 Å². The summed E-state index contributed by atoms with van der Waals surface area (Å²) in [6, 6.07) is 8.60. The van der Waals surface area contributed by atoms with Gasteiger partial charge in [0.1, 0.15) is 0 Å². The highest BCUT2D eigenvalue weighted by Gasteiger charge is 2.10. The van der Waals surface area contributed by atoms with Crippen LogP contribution in [0, 0.1) is 0 Å². The molecule has 1 rings (SSSR count). The second-order valence-corrected chi connectivity index (χ2v) is 5.19. The fraction of sp³-hybridized carbons (Fsp3) is 0.625. The molecule has 0 radical (unpaired) electrons. The van der Waals surface area contributed by atoms with Gasteiger partial charge >= 0.3 is 0 Å². The molecular weight excluding hydrogens is 258 g/mol. The lowest BCUT2D eigenvalue weighted by Gasteiger charge is -2.19. The predicted octanol–water partition coefficient (Wildman–Crippen LogP) is 4.07. The smallest absolute Gasteiger partial charge is 0.0466 e. The van der Waals surface area contributed by atoms with Crippen molar-refractivity contribution in [3.63, 3.8) is 0 Å². The van der Waals surface area contributed by atoms with E-state index in [0.29, 0.717) is 6.04 Å². The van der Waals surface area contributed by atoms with Gasteiger partial charge in [0.25, 0.3) is 0 Å². The van der Waals surface area contributed by atoms with Crippen molar-refractivity contribution in [2.24, 2.45) is 0 Å². The van der Waals surface area contributed by atoms with Gasteiger partial charge < -0.3 is 10.1 Å². The Balaban J connectivity index is 2.46. The molecule has 0 amide bonds. The topological polar surface area (TPSA) is 21.3 Å². The number of benzene rings is 1. The van der Waals surface area contributed by atoms with Gasteiger partial charge in [-0.1, -0.05) is 36.7 Å². The maximum absolute atomic E-state index is 6.23. The Morgan fingerprint density at radius 2 is 2.05 bits per heavy atom. The molecule has 19 heavy (non-hydrogen) atoms. The van der Waals surface area contributed by atoms with E-state index in [1.807, 2.05) is 19.1 Å². The Hall–Kier alpha value is -0.570. The standard InChI is InChI=1S/C16H26ClNO/c1-3-11-18-15(9-7-12-19-4-2)13-14-8-5-6-10-16(14)17/h5-6,8,10,15,18H,3-4,7,9,11-13H2,1-2H3. The molecule has 1 atom stereocenters. The van der Waals surface area contributed by atoms with Crippen LogP contribution in [0.15, 0.2) is 24.3 Å². The molecule has 0 aliphatic carbocycles. The molecule has 0 fully saturated rings. The van der Waals surface area contributed by atoms with E-state index >= 15 is 0 Å². The Kier molecular flexibility index (Phi) is 8.89. The molecular formula is C16H26ClNO. The lowest BCUT2D eigenvalue weighted by molar-refractivity contribution is 0.140. The molecule has 1 N–H and O–H groups in total. The summed E-state index contributed by atoms with van der Waals surface area (Å²) in [5.41, 5.74) is 1.23. The molecule has 0 saturated carbocycles. The molecule has 0 aliphatic heterocycles. The molecule has 0 bridgehead atoms. The van der Waals surface area contributed by atoms with Crippen molar-refractivity contribution in [1.29, 1.82) is 0 Å². The summed E-state index contributed by atoms with van der Waals surface area (Å²) >= 11 is 6.23. The SMILES string of the molecule is CCCNC(CCCOCC)Cc1ccccc1Cl. The van der Waals surface area contributed by atoms with Gasteiger partial charge in [0.2, 0.25) is 0 Å². The van der Waals surface area contributed by atoms with Crippen LogP contribution in [0.25, 0.3) is 0 Å². The Labute approximate surface area is 122 Å². The largest absolute Gasteiger partial charge is 0.382 e. The van der Waals surface area contributed by atoms with Crippen molar-refractivity contribution in [2.45, 2.75) is 45.6 Å². The first kappa shape index (κ1) is 16.5. The Morgan fingerprint density at radius 3 is 2.74 bits per heavy atom. The lowest BCUT2D eigenvalue weighted by Crippen LogP contribution is -2.32. The minimum Gasteiger partial charge on any atom is -0.382 e. The minimum atomic E-state index is 0.486. The van der Waals surface area contributed by atoms with Gasteiger partial charge in [-0.3, -0.25) is 0 Å². The zero-order valence-electron chi connectivity index (χ0n) is 12.1. The fourth-order valence-electron chi connectivity index (χ4n) is 2.13. The van der Waals surface area contributed by atoms with Crippen LogP contribution in [0.2, 0.25) is 5.02 Å². The van der Waals surface area contributed by atoms with E-state index in [9.17, 15) is 0 Å².